The molecule has 3 rings (SSSR count). The summed E-state index contributed by atoms with van der Waals surface area (Å²) < 4.78 is 0. The molecule has 4 N–H and O–H groups in total. The summed E-state index contributed by atoms with van der Waals surface area (Å²) in [6.07, 6.45) is 4.23. The smallest absolute Gasteiger partial charge is 0.229 e. The Morgan fingerprint density at radius 2 is 2.18 bits per heavy atom. The normalized spacial score (nSPS) is 26.6. The number of fused-ring (bicyclic) bond motifs is 1. The van der Waals surface area contributed by atoms with Crippen LogP contribution in [-0.4, -0.2) is 17.4 Å². The van der Waals surface area contributed by atoms with Crippen LogP contribution in [0.5, 0.6) is 0 Å². The van der Waals surface area contributed by atoms with Crippen LogP contribution >= 0.6 is 12.4 Å². The molecule has 0 spiro atoms. The first kappa shape index (κ1) is 16.8. The topological polar surface area (TPSA) is 84.2 Å². The standard InChI is InChI=1S/C16H21N3O2.ClH/c1-16(17)7-3-2-4-12(16)15(21)18-11-5-6-13-10(8-11)9-14(20)19-13;/h5-6,8,12H,2-4,7,9,17H2,1H3,(H,18,21)(H,19,20);1H. The number of nitrogens with two attached hydrogens (primary N) is 1. The van der Waals surface area contributed by atoms with Gasteiger partial charge in [-0.05, 0) is 43.5 Å². The molecule has 22 heavy (non-hydrogen) atoms. The Hall–Kier alpha value is -1.59. The van der Waals surface area contributed by atoms with Gasteiger partial charge in [0, 0.05) is 16.9 Å². The van der Waals surface area contributed by atoms with Crippen LogP contribution in [-0.2, 0) is 16.0 Å². The van der Waals surface area contributed by atoms with Crippen molar-refractivity contribution in [2.45, 2.75) is 44.6 Å². The summed E-state index contributed by atoms with van der Waals surface area (Å²) in [6, 6.07) is 5.51. The number of amides is 2. The molecular weight excluding hydrogens is 302 g/mol. The van der Waals surface area contributed by atoms with E-state index in [1.807, 2.05) is 25.1 Å². The Kier molecular flexibility index (Phi) is 4.78. The van der Waals surface area contributed by atoms with Crippen LogP contribution in [0.1, 0.15) is 38.2 Å². The van der Waals surface area contributed by atoms with Crippen molar-refractivity contribution < 1.29 is 9.59 Å². The second-order valence-corrected chi connectivity index (χ2v) is 6.39. The molecule has 1 aromatic carbocycles. The highest BCUT2D eigenvalue weighted by molar-refractivity contribution is 6.00. The molecule has 0 bridgehead atoms. The van der Waals surface area contributed by atoms with Gasteiger partial charge in [-0.2, -0.15) is 0 Å². The van der Waals surface area contributed by atoms with E-state index in [1.54, 1.807) is 0 Å². The van der Waals surface area contributed by atoms with Crippen LogP contribution in [0.2, 0.25) is 0 Å². The second-order valence-electron chi connectivity index (χ2n) is 6.39. The molecule has 0 aromatic heterocycles. The zero-order valence-electron chi connectivity index (χ0n) is 12.6. The third kappa shape index (κ3) is 3.25. The quantitative estimate of drug-likeness (QED) is 0.781. The van der Waals surface area contributed by atoms with Crippen LogP contribution in [0.25, 0.3) is 0 Å². The minimum Gasteiger partial charge on any atom is -0.326 e. The van der Waals surface area contributed by atoms with Gasteiger partial charge < -0.3 is 16.4 Å². The minimum absolute atomic E-state index is 0. The van der Waals surface area contributed by atoms with E-state index in [-0.39, 0.29) is 30.1 Å². The lowest BCUT2D eigenvalue weighted by atomic mass is 9.74. The Bertz CT molecular complexity index is 601. The lowest BCUT2D eigenvalue weighted by molar-refractivity contribution is -0.122. The number of nitrogens with one attached hydrogen (secondary N) is 2. The SMILES string of the molecule is CC1(N)CCCCC1C(=O)Nc1ccc2c(c1)CC(=O)N2.Cl. The molecule has 1 fully saturated rings. The summed E-state index contributed by atoms with van der Waals surface area (Å²) >= 11 is 0. The summed E-state index contributed by atoms with van der Waals surface area (Å²) in [5.74, 6) is -0.175. The highest BCUT2D eigenvalue weighted by Gasteiger charge is 2.37. The number of hydrogen-bond donors (Lipinski definition) is 3. The number of carbonyl (C=O) groups excluding carboxylic acids is 2. The molecule has 2 amide bonds. The molecule has 0 saturated heterocycles. The van der Waals surface area contributed by atoms with E-state index in [9.17, 15) is 9.59 Å². The Morgan fingerprint density at radius 1 is 1.41 bits per heavy atom. The molecular formula is C16H22ClN3O2. The van der Waals surface area contributed by atoms with Gasteiger partial charge in [0.15, 0.2) is 0 Å². The van der Waals surface area contributed by atoms with Crippen LogP contribution in [0.4, 0.5) is 11.4 Å². The first-order chi connectivity index (χ1) is 9.95. The van der Waals surface area contributed by atoms with Crippen LogP contribution in [0.15, 0.2) is 18.2 Å². The third-order valence-corrected chi connectivity index (χ3v) is 4.57. The van der Waals surface area contributed by atoms with Gasteiger partial charge in [0.25, 0.3) is 0 Å². The van der Waals surface area contributed by atoms with Gasteiger partial charge in [0.05, 0.1) is 12.3 Å². The Balaban J connectivity index is 0.00000176. The molecule has 1 aliphatic heterocycles. The Labute approximate surface area is 136 Å². The van der Waals surface area contributed by atoms with Gasteiger partial charge in [-0.25, -0.2) is 0 Å². The minimum atomic E-state index is -0.434. The summed E-state index contributed by atoms with van der Waals surface area (Å²) in [4.78, 5) is 23.8. The van der Waals surface area contributed by atoms with Crippen molar-refractivity contribution in [1.29, 1.82) is 0 Å². The summed E-state index contributed by atoms with van der Waals surface area (Å²) in [6.45, 7) is 1.96. The number of anilines is 2. The lowest BCUT2D eigenvalue weighted by Gasteiger charge is -2.37. The fourth-order valence-electron chi connectivity index (χ4n) is 3.33. The predicted octanol–water partition coefficient (Wildman–Crippen LogP) is 2.45. The van der Waals surface area contributed by atoms with Gasteiger partial charge in [0.2, 0.25) is 11.8 Å². The molecule has 2 atom stereocenters. The highest BCUT2D eigenvalue weighted by Crippen LogP contribution is 2.33. The van der Waals surface area contributed by atoms with Gasteiger partial charge in [-0.1, -0.05) is 12.8 Å². The average molecular weight is 324 g/mol. The monoisotopic (exact) mass is 323 g/mol. The van der Waals surface area contributed by atoms with Gasteiger partial charge in [0.1, 0.15) is 0 Å². The maximum atomic E-state index is 12.5. The van der Waals surface area contributed by atoms with Crippen LogP contribution in [0.3, 0.4) is 0 Å². The van der Waals surface area contributed by atoms with E-state index in [4.69, 9.17) is 5.73 Å². The van der Waals surface area contributed by atoms with Crippen molar-refractivity contribution in [1.82, 2.24) is 0 Å². The molecule has 1 saturated carbocycles. The molecule has 5 nitrogen and oxygen atoms in total. The number of carbonyl (C=O) groups is 2. The van der Waals surface area contributed by atoms with Crippen molar-refractivity contribution in [3.05, 3.63) is 23.8 Å². The average Bonchev–Trinajstić information content (AvgIpc) is 2.77. The fourth-order valence-corrected chi connectivity index (χ4v) is 3.33. The molecule has 1 heterocycles. The zero-order chi connectivity index (χ0) is 15.0. The van der Waals surface area contributed by atoms with Crippen molar-refractivity contribution >= 4 is 35.6 Å². The van der Waals surface area contributed by atoms with Crippen molar-refractivity contribution in [3.8, 4) is 0 Å². The third-order valence-electron chi connectivity index (χ3n) is 4.57. The Morgan fingerprint density at radius 3 is 2.91 bits per heavy atom. The molecule has 6 heteroatoms. The van der Waals surface area contributed by atoms with E-state index >= 15 is 0 Å². The van der Waals surface area contributed by atoms with E-state index in [0.29, 0.717) is 6.42 Å². The molecule has 1 aromatic rings. The lowest BCUT2D eigenvalue weighted by Crippen LogP contribution is -2.51. The van der Waals surface area contributed by atoms with E-state index in [1.165, 1.54) is 0 Å². The van der Waals surface area contributed by atoms with Gasteiger partial charge in [-0.15, -0.1) is 12.4 Å². The molecule has 2 unspecified atom stereocenters. The first-order valence-electron chi connectivity index (χ1n) is 7.48. The van der Waals surface area contributed by atoms with Gasteiger partial charge >= 0.3 is 0 Å². The molecule has 2 aliphatic rings. The van der Waals surface area contributed by atoms with E-state index < -0.39 is 5.54 Å². The van der Waals surface area contributed by atoms with Crippen LogP contribution < -0.4 is 16.4 Å². The first-order valence-corrected chi connectivity index (χ1v) is 7.48. The maximum Gasteiger partial charge on any atom is 0.229 e. The predicted molar refractivity (Wildman–Crippen MR) is 89.2 cm³/mol. The number of hydrogen-bond acceptors (Lipinski definition) is 3. The molecule has 0 radical (unpaired) electrons. The van der Waals surface area contributed by atoms with Crippen molar-refractivity contribution in [2.24, 2.45) is 11.7 Å². The second kappa shape index (κ2) is 6.26. The number of benzene rings is 1. The summed E-state index contributed by atoms with van der Waals surface area (Å²) in [5, 5.41) is 5.74. The summed E-state index contributed by atoms with van der Waals surface area (Å²) in [5.41, 5.74) is 8.33. The fraction of sp³-hybridized carbons (Fsp3) is 0.500. The number of halogens is 1. The largest absolute Gasteiger partial charge is 0.326 e. The van der Waals surface area contributed by atoms with Gasteiger partial charge in [-0.3, -0.25) is 9.59 Å². The highest BCUT2D eigenvalue weighted by atomic mass is 35.5. The summed E-state index contributed by atoms with van der Waals surface area (Å²) in [7, 11) is 0. The van der Waals surface area contributed by atoms with Crippen molar-refractivity contribution in [2.75, 3.05) is 10.6 Å². The van der Waals surface area contributed by atoms with Crippen LogP contribution in [0, 0.1) is 5.92 Å². The van der Waals surface area contributed by atoms with Crippen molar-refractivity contribution in [3.63, 3.8) is 0 Å². The molecule has 1 aliphatic carbocycles. The molecule has 120 valence electrons. The number of rotatable bonds is 2. The maximum absolute atomic E-state index is 12.5. The van der Waals surface area contributed by atoms with E-state index in [0.717, 1.165) is 42.6 Å². The van der Waals surface area contributed by atoms with E-state index in [2.05, 4.69) is 10.6 Å². The zero-order valence-corrected chi connectivity index (χ0v) is 13.5.